The predicted molar refractivity (Wildman–Crippen MR) is 107 cm³/mol. The highest BCUT2D eigenvalue weighted by Crippen LogP contribution is 2.31. The van der Waals surface area contributed by atoms with Crippen LogP contribution < -0.4 is 21.3 Å². The number of hydrogen-bond donors (Lipinski definition) is 1. The van der Waals surface area contributed by atoms with Gasteiger partial charge in [0.2, 0.25) is 5.91 Å². The number of benzene rings is 1. The number of nitrogens with zero attached hydrogens (tertiary/aromatic N) is 2. The largest absolute Gasteiger partial charge is 0.495 e. The number of carbonyl (C=O) groups is 1. The number of fused-ring (bicyclic) bond motifs is 1. The molecule has 0 saturated heterocycles. The Labute approximate surface area is 163 Å². The summed E-state index contributed by atoms with van der Waals surface area (Å²) in [5, 5.41) is 5.00. The Bertz CT molecular complexity index is 1150. The molecule has 0 bridgehead atoms. The predicted octanol–water partition coefficient (Wildman–Crippen LogP) is 2.85. The minimum absolute atomic E-state index is 0.225. The van der Waals surface area contributed by atoms with Crippen molar-refractivity contribution in [1.29, 1.82) is 0 Å². The molecule has 3 aromatic rings. The van der Waals surface area contributed by atoms with Gasteiger partial charge in [0.25, 0.3) is 5.56 Å². The van der Waals surface area contributed by atoms with Crippen LogP contribution >= 0.6 is 22.9 Å². The quantitative estimate of drug-likeness (QED) is 0.705. The third kappa shape index (κ3) is 3.50. The molecular weight excluding hydrogens is 390 g/mol. The summed E-state index contributed by atoms with van der Waals surface area (Å²) in [6.07, 6.45) is 0. The molecule has 0 saturated carbocycles. The van der Waals surface area contributed by atoms with Crippen molar-refractivity contribution in [2.75, 3.05) is 12.4 Å². The second-order valence-corrected chi connectivity index (χ2v) is 7.23. The molecule has 1 aromatic carbocycles. The van der Waals surface area contributed by atoms with Crippen LogP contribution in [-0.4, -0.2) is 22.2 Å². The molecule has 1 N–H and O–H groups in total. The maximum atomic E-state index is 12.7. The maximum absolute atomic E-state index is 12.7. The molecule has 0 aliphatic heterocycles. The smallest absolute Gasteiger partial charge is 0.331 e. The van der Waals surface area contributed by atoms with Crippen LogP contribution in [-0.2, 0) is 17.9 Å². The SMILES string of the molecule is CCn1c(=O)c2sccc2n(CC(=O)Nc2cc(C)c(Cl)cc2OC)c1=O. The minimum atomic E-state index is -0.511. The number of rotatable bonds is 5. The van der Waals surface area contributed by atoms with Gasteiger partial charge in [0.05, 0.1) is 18.3 Å². The first-order valence-electron chi connectivity index (χ1n) is 8.22. The number of aromatic nitrogens is 2. The molecule has 27 heavy (non-hydrogen) atoms. The van der Waals surface area contributed by atoms with Crippen molar-refractivity contribution >= 4 is 44.7 Å². The van der Waals surface area contributed by atoms with Crippen molar-refractivity contribution in [1.82, 2.24) is 9.13 Å². The number of halogens is 1. The third-order valence-electron chi connectivity index (χ3n) is 4.21. The Morgan fingerprint density at radius 3 is 2.70 bits per heavy atom. The Balaban J connectivity index is 1.98. The molecule has 0 spiro atoms. The van der Waals surface area contributed by atoms with Crippen LogP contribution in [0.4, 0.5) is 5.69 Å². The second kappa shape index (κ2) is 7.58. The van der Waals surface area contributed by atoms with Crippen LogP contribution in [0.25, 0.3) is 10.2 Å². The van der Waals surface area contributed by atoms with Crippen LogP contribution in [0.5, 0.6) is 5.75 Å². The zero-order valence-electron chi connectivity index (χ0n) is 15.0. The number of anilines is 1. The van der Waals surface area contributed by atoms with Crippen molar-refractivity contribution in [3.05, 3.63) is 55.0 Å². The van der Waals surface area contributed by atoms with E-state index in [1.54, 1.807) is 30.5 Å². The number of nitrogens with one attached hydrogen (secondary N) is 1. The summed E-state index contributed by atoms with van der Waals surface area (Å²) in [5.41, 5.74) is 0.851. The fraction of sp³-hybridized carbons (Fsp3) is 0.278. The second-order valence-electron chi connectivity index (χ2n) is 5.90. The van der Waals surface area contributed by atoms with Crippen molar-refractivity contribution in [2.24, 2.45) is 0 Å². The van der Waals surface area contributed by atoms with Crippen molar-refractivity contribution < 1.29 is 9.53 Å². The first kappa shape index (κ1) is 19.2. The van der Waals surface area contributed by atoms with E-state index in [4.69, 9.17) is 16.3 Å². The molecule has 0 aliphatic carbocycles. The number of thiophene rings is 1. The normalized spacial score (nSPS) is 11.0. The van der Waals surface area contributed by atoms with Gasteiger partial charge in [-0.1, -0.05) is 11.6 Å². The number of methoxy groups -OCH3 is 1. The van der Waals surface area contributed by atoms with Gasteiger partial charge >= 0.3 is 5.69 Å². The topological polar surface area (TPSA) is 82.3 Å². The molecule has 3 rings (SSSR count). The lowest BCUT2D eigenvalue weighted by Gasteiger charge is -2.14. The Morgan fingerprint density at radius 1 is 1.30 bits per heavy atom. The van der Waals surface area contributed by atoms with Crippen LogP contribution in [0, 0.1) is 6.92 Å². The van der Waals surface area contributed by atoms with E-state index in [0.29, 0.717) is 26.7 Å². The molecular formula is C18H18ClN3O4S. The summed E-state index contributed by atoms with van der Waals surface area (Å²) < 4.78 is 8.13. The standard InChI is InChI=1S/C18H18ClN3O4S/c1-4-21-17(24)16-13(5-6-27-16)22(18(21)25)9-15(23)20-12-7-10(2)11(19)8-14(12)26-3/h5-8H,4,9H2,1-3H3,(H,20,23). The Hall–Kier alpha value is -2.58. The van der Waals surface area contributed by atoms with Crippen molar-refractivity contribution in [2.45, 2.75) is 26.9 Å². The van der Waals surface area contributed by atoms with E-state index in [0.717, 1.165) is 10.1 Å². The minimum Gasteiger partial charge on any atom is -0.495 e. The highest BCUT2D eigenvalue weighted by Gasteiger charge is 2.17. The molecule has 7 nitrogen and oxygen atoms in total. The van der Waals surface area contributed by atoms with Gasteiger partial charge in [-0.25, -0.2) is 4.79 Å². The highest BCUT2D eigenvalue weighted by atomic mass is 35.5. The summed E-state index contributed by atoms with van der Waals surface area (Å²) in [6.45, 7) is 3.54. The van der Waals surface area contributed by atoms with Crippen molar-refractivity contribution in [3.8, 4) is 5.75 Å². The lowest BCUT2D eigenvalue weighted by atomic mass is 10.2. The molecule has 2 aromatic heterocycles. The summed E-state index contributed by atoms with van der Waals surface area (Å²) >= 11 is 7.33. The maximum Gasteiger partial charge on any atom is 0.331 e. The molecule has 0 fully saturated rings. The van der Waals surface area contributed by atoms with Gasteiger partial charge in [0, 0.05) is 17.6 Å². The van der Waals surface area contributed by atoms with E-state index in [1.807, 2.05) is 6.92 Å². The Morgan fingerprint density at radius 2 is 2.04 bits per heavy atom. The monoisotopic (exact) mass is 407 g/mol. The molecule has 2 heterocycles. The van der Waals surface area contributed by atoms with Gasteiger partial charge in [-0.2, -0.15) is 0 Å². The van der Waals surface area contributed by atoms with Crippen molar-refractivity contribution in [3.63, 3.8) is 0 Å². The fourth-order valence-corrected chi connectivity index (χ4v) is 3.82. The first-order valence-corrected chi connectivity index (χ1v) is 9.48. The average molecular weight is 408 g/mol. The summed E-state index contributed by atoms with van der Waals surface area (Å²) in [6, 6.07) is 4.99. The molecule has 0 atom stereocenters. The molecule has 1 amide bonds. The zero-order valence-corrected chi connectivity index (χ0v) is 16.6. The van der Waals surface area contributed by atoms with Gasteiger partial charge < -0.3 is 10.1 Å². The number of aryl methyl sites for hydroxylation is 1. The molecule has 142 valence electrons. The number of ether oxygens (including phenoxy) is 1. The van der Waals surface area contributed by atoms with E-state index in [9.17, 15) is 14.4 Å². The summed E-state index contributed by atoms with van der Waals surface area (Å²) in [5.74, 6) is 0.0106. The summed E-state index contributed by atoms with van der Waals surface area (Å²) in [7, 11) is 1.48. The van der Waals surface area contributed by atoms with Crippen LogP contribution in [0.1, 0.15) is 12.5 Å². The first-order chi connectivity index (χ1) is 12.9. The third-order valence-corrected chi connectivity index (χ3v) is 5.51. The van der Waals surface area contributed by atoms with E-state index in [1.165, 1.54) is 23.0 Å². The number of hydrogen-bond acceptors (Lipinski definition) is 5. The Kier molecular flexibility index (Phi) is 5.38. The highest BCUT2D eigenvalue weighted by molar-refractivity contribution is 7.17. The van der Waals surface area contributed by atoms with Gasteiger partial charge in [-0.15, -0.1) is 11.3 Å². The zero-order chi connectivity index (χ0) is 19.7. The molecule has 0 aliphatic rings. The van der Waals surface area contributed by atoms with Gasteiger partial charge in [-0.3, -0.25) is 18.7 Å². The number of amides is 1. The van der Waals surface area contributed by atoms with Gasteiger partial charge in [0.15, 0.2) is 0 Å². The molecule has 9 heteroatoms. The summed E-state index contributed by atoms with van der Waals surface area (Å²) in [4.78, 5) is 37.6. The van der Waals surface area contributed by atoms with Gasteiger partial charge in [-0.05, 0) is 36.9 Å². The fourth-order valence-electron chi connectivity index (χ4n) is 2.83. The van der Waals surface area contributed by atoms with E-state index < -0.39 is 11.6 Å². The lowest BCUT2D eigenvalue weighted by molar-refractivity contribution is -0.116. The van der Waals surface area contributed by atoms with Crippen LogP contribution in [0.2, 0.25) is 5.02 Å². The molecule has 0 unspecified atom stereocenters. The van der Waals surface area contributed by atoms with Crippen LogP contribution in [0.3, 0.4) is 0 Å². The van der Waals surface area contributed by atoms with Gasteiger partial charge in [0.1, 0.15) is 17.0 Å². The van der Waals surface area contributed by atoms with E-state index >= 15 is 0 Å². The van der Waals surface area contributed by atoms with E-state index in [-0.39, 0.29) is 18.6 Å². The average Bonchev–Trinajstić information content (AvgIpc) is 3.12. The number of carbonyl (C=O) groups excluding carboxylic acids is 1. The van der Waals surface area contributed by atoms with Crippen LogP contribution in [0.15, 0.2) is 33.2 Å². The molecule has 0 radical (unpaired) electrons. The van der Waals surface area contributed by atoms with E-state index in [2.05, 4.69) is 5.32 Å². The lowest BCUT2D eigenvalue weighted by Crippen LogP contribution is -2.40.